The highest BCUT2D eigenvalue weighted by molar-refractivity contribution is 6.33. The molecule has 1 aromatic rings. The molecule has 17 heavy (non-hydrogen) atoms. The highest BCUT2D eigenvalue weighted by Crippen LogP contribution is 2.21. The lowest BCUT2D eigenvalue weighted by atomic mass is 9.98. The van der Waals surface area contributed by atoms with Gasteiger partial charge < -0.3 is 4.90 Å². The molecule has 1 aromatic heterocycles. The number of amides is 1. The van der Waals surface area contributed by atoms with E-state index in [1.165, 1.54) is 6.20 Å². The summed E-state index contributed by atoms with van der Waals surface area (Å²) in [5.41, 5.74) is 0.483. The van der Waals surface area contributed by atoms with E-state index in [4.69, 9.17) is 16.9 Å². The van der Waals surface area contributed by atoms with Gasteiger partial charge >= 0.3 is 0 Å². The number of halogens is 1. The van der Waals surface area contributed by atoms with Crippen molar-refractivity contribution in [2.24, 2.45) is 5.92 Å². The first-order valence-corrected chi connectivity index (χ1v) is 5.88. The number of hydrogen-bond donors (Lipinski definition) is 0. The summed E-state index contributed by atoms with van der Waals surface area (Å²) >= 11 is 5.93. The van der Waals surface area contributed by atoms with Crippen LogP contribution in [-0.4, -0.2) is 28.9 Å². The number of pyridine rings is 1. The second-order valence-corrected chi connectivity index (χ2v) is 4.46. The van der Waals surface area contributed by atoms with E-state index in [1.54, 1.807) is 17.2 Å². The lowest BCUT2D eigenvalue weighted by Crippen LogP contribution is -2.38. The quantitative estimate of drug-likeness (QED) is 0.766. The molecule has 1 fully saturated rings. The van der Waals surface area contributed by atoms with E-state index in [0.717, 1.165) is 12.8 Å². The molecule has 0 bridgehead atoms. The molecule has 0 unspecified atom stereocenters. The predicted octanol–water partition coefficient (Wildman–Crippen LogP) is 2.11. The third-order valence-electron chi connectivity index (χ3n) is 2.97. The Balaban J connectivity index is 2.08. The van der Waals surface area contributed by atoms with Crippen LogP contribution in [0.4, 0.5) is 0 Å². The van der Waals surface area contributed by atoms with Gasteiger partial charge in [0.15, 0.2) is 0 Å². The number of hydrogen-bond acceptors (Lipinski definition) is 3. The minimum absolute atomic E-state index is 0.0752. The van der Waals surface area contributed by atoms with Crippen LogP contribution in [0.1, 0.15) is 23.2 Å². The number of carbonyl (C=O) groups is 1. The number of nitriles is 1. The predicted molar refractivity (Wildman–Crippen MR) is 63.5 cm³/mol. The van der Waals surface area contributed by atoms with Gasteiger partial charge in [0.05, 0.1) is 16.7 Å². The normalized spacial score (nSPS) is 16.6. The van der Waals surface area contributed by atoms with Gasteiger partial charge in [-0.25, -0.2) is 0 Å². The first kappa shape index (κ1) is 11.9. The van der Waals surface area contributed by atoms with Gasteiger partial charge in [0.25, 0.3) is 5.91 Å². The van der Waals surface area contributed by atoms with E-state index in [2.05, 4.69) is 11.1 Å². The number of nitrogens with zero attached hydrogens (tertiary/aromatic N) is 3. The van der Waals surface area contributed by atoms with Gasteiger partial charge in [-0.3, -0.25) is 9.78 Å². The van der Waals surface area contributed by atoms with Gasteiger partial charge in [0.2, 0.25) is 0 Å². The van der Waals surface area contributed by atoms with Crippen molar-refractivity contribution in [3.63, 3.8) is 0 Å². The number of rotatable bonds is 1. The summed E-state index contributed by atoms with van der Waals surface area (Å²) in [4.78, 5) is 17.7. The van der Waals surface area contributed by atoms with Crippen LogP contribution in [0.5, 0.6) is 0 Å². The van der Waals surface area contributed by atoms with Crippen molar-refractivity contribution in [1.29, 1.82) is 5.26 Å². The highest BCUT2D eigenvalue weighted by Gasteiger charge is 2.24. The highest BCUT2D eigenvalue weighted by atomic mass is 35.5. The largest absolute Gasteiger partial charge is 0.339 e. The summed E-state index contributed by atoms with van der Waals surface area (Å²) in [6.07, 6.45) is 4.51. The van der Waals surface area contributed by atoms with E-state index in [0.29, 0.717) is 23.7 Å². The molecule has 5 heteroatoms. The molecule has 1 aliphatic rings. The Morgan fingerprint density at radius 1 is 1.53 bits per heavy atom. The average molecular weight is 250 g/mol. The van der Waals surface area contributed by atoms with E-state index in [-0.39, 0.29) is 11.8 Å². The molecule has 0 aromatic carbocycles. The van der Waals surface area contributed by atoms with E-state index in [1.807, 2.05) is 0 Å². The van der Waals surface area contributed by atoms with Crippen LogP contribution in [0.25, 0.3) is 0 Å². The number of piperidine rings is 1. The standard InChI is InChI=1S/C12H12ClN3O/c13-11-8-15-4-1-10(11)12(17)16-5-2-9(7-14)3-6-16/h1,4,8-9H,2-3,5-6H2. The molecule has 2 rings (SSSR count). The summed E-state index contributed by atoms with van der Waals surface area (Å²) in [6.45, 7) is 1.24. The Bertz CT molecular complexity index is 461. The molecule has 4 nitrogen and oxygen atoms in total. The smallest absolute Gasteiger partial charge is 0.255 e. The van der Waals surface area contributed by atoms with Crippen LogP contribution in [0.3, 0.4) is 0 Å². The van der Waals surface area contributed by atoms with Crippen LogP contribution in [-0.2, 0) is 0 Å². The SMILES string of the molecule is N#CC1CCN(C(=O)c2ccncc2Cl)CC1. The van der Waals surface area contributed by atoms with Crippen molar-refractivity contribution < 1.29 is 4.79 Å². The van der Waals surface area contributed by atoms with Crippen molar-refractivity contribution in [2.45, 2.75) is 12.8 Å². The maximum absolute atomic E-state index is 12.1. The Morgan fingerprint density at radius 3 is 2.82 bits per heavy atom. The lowest BCUT2D eigenvalue weighted by Gasteiger charge is -2.29. The maximum atomic E-state index is 12.1. The molecule has 0 atom stereocenters. The summed E-state index contributed by atoms with van der Waals surface area (Å²) < 4.78 is 0. The molecule has 1 saturated heterocycles. The van der Waals surface area contributed by atoms with Crippen LogP contribution < -0.4 is 0 Å². The van der Waals surface area contributed by atoms with Crippen LogP contribution in [0.15, 0.2) is 18.5 Å². The summed E-state index contributed by atoms with van der Waals surface area (Å²) in [5.74, 6) is 0.000696. The van der Waals surface area contributed by atoms with Crippen molar-refractivity contribution in [1.82, 2.24) is 9.88 Å². The van der Waals surface area contributed by atoms with Gasteiger partial charge in [0, 0.05) is 31.4 Å². The Kier molecular flexibility index (Phi) is 3.60. The van der Waals surface area contributed by atoms with E-state index >= 15 is 0 Å². The molecule has 0 radical (unpaired) electrons. The van der Waals surface area contributed by atoms with Crippen LogP contribution >= 0.6 is 11.6 Å². The second-order valence-electron chi connectivity index (χ2n) is 4.05. The molecule has 0 aliphatic carbocycles. The maximum Gasteiger partial charge on any atom is 0.255 e. The molecule has 0 saturated carbocycles. The topological polar surface area (TPSA) is 57.0 Å². The number of carbonyl (C=O) groups excluding carboxylic acids is 1. The zero-order valence-corrected chi connectivity index (χ0v) is 10.0. The monoisotopic (exact) mass is 249 g/mol. The fourth-order valence-electron chi connectivity index (χ4n) is 1.93. The number of aromatic nitrogens is 1. The van der Waals surface area contributed by atoms with Gasteiger partial charge in [-0.15, -0.1) is 0 Å². The molecule has 1 amide bonds. The molecule has 2 heterocycles. The van der Waals surface area contributed by atoms with Gasteiger partial charge in [-0.05, 0) is 18.9 Å². The van der Waals surface area contributed by atoms with Gasteiger partial charge in [0.1, 0.15) is 0 Å². The number of likely N-dealkylation sites (tertiary alicyclic amines) is 1. The molecular weight excluding hydrogens is 238 g/mol. The molecule has 88 valence electrons. The first-order chi connectivity index (χ1) is 8.22. The van der Waals surface area contributed by atoms with Gasteiger partial charge in [-0.1, -0.05) is 11.6 Å². The van der Waals surface area contributed by atoms with Crippen molar-refractivity contribution in [3.8, 4) is 6.07 Å². The van der Waals surface area contributed by atoms with E-state index in [9.17, 15) is 4.79 Å². The zero-order chi connectivity index (χ0) is 12.3. The second kappa shape index (κ2) is 5.15. The Morgan fingerprint density at radius 2 is 2.24 bits per heavy atom. The van der Waals surface area contributed by atoms with Crippen molar-refractivity contribution in [2.75, 3.05) is 13.1 Å². The fourth-order valence-corrected chi connectivity index (χ4v) is 2.13. The Hall–Kier alpha value is -1.60. The summed E-state index contributed by atoms with van der Waals surface area (Å²) in [7, 11) is 0. The minimum atomic E-state index is -0.0752. The molecule has 1 aliphatic heterocycles. The third kappa shape index (κ3) is 2.56. The Labute approximate surface area is 105 Å². The summed E-state index contributed by atoms with van der Waals surface area (Å²) in [5, 5.41) is 9.17. The van der Waals surface area contributed by atoms with E-state index < -0.39 is 0 Å². The molecule has 0 N–H and O–H groups in total. The first-order valence-electron chi connectivity index (χ1n) is 5.51. The lowest BCUT2D eigenvalue weighted by molar-refractivity contribution is 0.0707. The van der Waals surface area contributed by atoms with Crippen molar-refractivity contribution >= 4 is 17.5 Å². The van der Waals surface area contributed by atoms with Crippen LogP contribution in [0, 0.1) is 17.2 Å². The third-order valence-corrected chi connectivity index (χ3v) is 3.27. The fraction of sp³-hybridized carbons (Fsp3) is 0.417. The minimum Gasteiger partial charge on any atom is -0.339 e. The molecular formula is C12H12ClN3O. The average Bonchev–Trinajstić information content (AvgIpc) is 2.39. The summed E-state index contributed by atoms with van der Waals surface area (Å²) in [6, 6.07) is 3.87. The van der Waals surface area contributed by atoms with Gasteiger partial charge in [-0.2, -0.15) is 5.26 Å². The van der Waals surface area contributed by atoms with Crippen LogP contribution in [0.2, 0.25) is 5.02 Å². The molecule has 0 spiro atoms. The van der Waals surface area contributed by atoms with Crippen molar-refractivity contribution in [3.05, 3.63) is 29.0 Å². The zero-order valence-electron chi connectivity index (χ0n) is 9.27.